The first-order valence-electron chi connectivity index (χ1n) is 12.6. The highest BCUT2D eigenvalue weighted by atomic mass is 16.5. The molecule has 1 heterocycles. The van der Waals surface area contributed by atoms with Gasteiger partial charge < -0.3 is 14.8 Å². The maximum atomic E-state index is 13.0. The van der Waals surface area contributed by atoms with E-state index in [4.69, 9.17) is 9.47 Å². The van der Waals surface area contributed by atoms with Gasteiger partial charge in [0.05, 0.1) is 35.3 Å². The molecule has 9 heteroatoms. The number of carbonyl (C=O) groups excluding carboxylic acids is 5. The number of nitrogens with one attached hydrogen (secondary N) is 1. The van der Waals surface area contributed by atoms with E-state index in [1.807, 2.05) is 26.0 Å². The van der Waals surface area contributed by atoms with Gasteiger partial charge in [0.1, 0.15) is 0 Å². The Morgan fingerprint density at radius 2 is 1.37 bits per heavy atom. The van der Waals surface area contributed by atoms with E-state index in [2.05, 4.69) is 5.32 Å². The summed E-state index contributed by atoms with van der Waals surface area (Å²) in [4.78, 5) is 63.8. The largest absolute Gasteiger partial charge is 0.462 e. The Morgan fingerprint density at radius 3 is 1.92 bits per heavy atom. The molecule has 2 aromatic rings. The molecular weight excluding hydrogens is 488 g/mol. The van der Waals surface area contributed by atoms with Gasteiger partial charge >= 0.3 is 11.9 Å². The van der Waals surface area contributed by atoms with Crippen LogP contribution in [0.2, 0.25) is 0 Å². The van der Waals surface area contributed by atoms with Crippen molar-refractivity contribution in [3.8, 4) is 0 Å². The number of nitrogens with zero attached hydrogens (tertiary/aromatic N) is 1. The Balaban J connectivity index is 1.12. The lowest BCUT2D eigenvalue weighted by Gasteiger charge is -2.17. The maximum absolute atomic E-state index is 13.0. The summed E-state index contributed by atoms with van der Waals surface area (Å²) in [6.07, 6.45) is 4.93. The molecule has 2 fully saturated rings. The zero-order chi connectivity index (χ0) is 27.0. The van der Waals surface area contributed by atoms with E-state index in [0.29, 0.717) is 23.5 Å². The zero-order valence-corrected chi connectivity index (χ0v) is 21.1. The van der Waals surface area contributed by atoms with Crippen molar-refractivity contribution in [1.82, 2.24) is 0 Å². The number of ether oxygens (including phenoxy) is 2. The number of esters is 2. The fraction of sp³-hybridized carbons (Fsp3) is 0.345. The van der Waals surface area contributed by atoms with Crippen molar-refractivity contribution in [2.75, 3.05) is 23.4 Å². The summed E-state index contributed by atoms with van der Waals surface area (Å²) in [6.45, 7) is 3.69. The summed E-state index contributed by atoms with van der Waals surface area (Å²) >= 11 is 0. The predicted molar refractivity (Wildman–Crippen MR) is 137 cm³/mol. The van der Waals surface area contributed by atoms with Gasteiger partial charge in [0.15, 0.2) is 6.61 Å². The van der Waals surface area contributed by atoms with Crippen LogP contribution in [0.5, 0.6) is 0 Å². The van der Waals surface area contributed by atoms with Crippen molar-refractivity contribution in [2.24, 2.45) is 29.6 Å². The average Bonchev–Trinajstić information content (AvgIpc) is 3.60. The molecular formula is C29H28N2O7. The van der Waals surface area contributed by atoms with Gasteiger partial charge in [-0.3, -0.25) is 19.3 Å². The van der Waals surface area contributed by atoms with E-state index in [9.17, 15) is 24.0 Å². The van der Waals surface area contributed by atoms with Gasteiger partial charge in [-0.1, -0.05) is 26.0 Å². The van der Waals surface area contributed by atoms with E-state index >= 15 is 0 Å². The number of hydrogen-bond acceptors (Lipinski definition) is 7. The molecule has 2 aliphatic carbocycles. The molecule has 1 saturated carbocycles. The standard InChI is InChI=1S/C29H28N2O7/c1-16(2)14-37-28(35)17-5-9-21(10-6-17)30-23(32)15-38-29(36)18-7-11-22(12-8-18)31-26(33)24-19-3-4-20(13-19)25(24)27(31)34/h3-12,16,19-20,24-25H,13-15H2,1-2H3,(H,30,32)/t19-,20-,24-,25+/m0/s1. The molecule has 5 rings (SSSR count). The second kappa shape index (κ2) is 10.2. The van der Waals surface area contributed by atoms with Crippen LogP contribution in [0.4, 0.5) is 11.4 Å². The second-order valence-electron chi connectivity index (χ2n) is 10.3. The van der Waals surface area contributed by atoms with E-state index in [-0.39, 0.29) is 47.0 Å². The maximum Gasteiger partial charge on any atom is 0.338 e. The third kappa shape index (κ3) is 4.83. The molecule has 196 valence electrons. The molecule has 0 spiro atoms. The lowest BCUT2D eigenvalue weighted by atomic mass is 9.85. The lowest BCUT2D eigenvalue weighted by Crippen LogP contribution is -2.32. The van der Waals surface area contributed by atoms with Crippen molar-refractivity contribution in [3.63, 3.8) is 0 Å². The van der Waals surface area contributed by atoms with Crippen molar-refractivity contribution >= 4 is 41.0 Å². The summed E-state index contributed by atoms with van der Waals surface area (Å²) in [5.74, 6) is -2.21. The fourth-order valence-corrected chi connectivity index (χ4v) is 5.33. The molecule has 2 bridgehead atoms. The summed E-state index contributed by atoms with van der Waals surface area (Å²) < 4.78 is 10.3. The highest BCUT2D eigenvalue weighted by Crippen LogP contribution is 2.53. The number of anilines is 2. The quantitative estimate of drug-likeness (QED) is 0.323. The molecule has 1 N–H and O–H groups in total. The fourth-order valence-electron chi connectivity index (χ4n) is 5.33. The van der Waals surface area contributed by atoms with E-state index < -0.39 is 24.5 Å². The van der Waals surface area contributed by atoms with Crippen LogP contribution in [0.3, 0.4) is 0 Å². The van der Waals surface area contributed by atoms with Crippen molar-refractivity contribution in [2.45, 2.75) is 20.3 Å². The Labute approximate surface area is 219 Å². The predicted octanol–water partition coefficient (Wildman–Crippen LogP) is 3.61. The van der Waals surface area contributed by atoms with Gasteiger partial charge in [-0.15, -0.1) is 0 Å². The first-order chi connectivity index (χ1) is 18.2. The molecule has 3 aliphatic rings. The topological polar surface area (TPSA) is 119 Å². The van der Waals surface area contributed by atoms with Crippen LogP contribution < -0.4 is 10.2 Å². The number of allylic oxidation sites excluding steroid dienone is 2. The average molecular weight is 517 g/mol. The number of imide groups is 1. The number of amides is 3. The highest BCUT2D eigenvalue weighted by Gasteiger charge is 2.59. The van der Waals surface area contributed by atoms with Crippen LogP contribution in [0.1, 0.15) is 41.0 Å². The molecule has 9 nitrogen and oxygen atoms in total. The first kappa shape index (κ1) is 25.4. The van der Waals surface area contributed by atoms with Crippen LogP contribution in [-0.2, 0) is 23.9 Å². The number of hydrogen-bond donors (Lipinski definition) is 1. The number of benzene rings is 2. The van der Waals surface area contributed by atoms with Gasteiger partial charge in [0.2, 0.25) is 11.8 Å². The Morgan fingerprint density at radius 1 is 0.842 bits per heavy atom. The van der Waals surface area contributed by atoms with Crippen LogP contribution >= 0.6 is 0 Å². The molecule has 0 unspecified atom stereocenters. The molecule has 0 aromatic heterocycles. The lowest BCUT2D eigenvalue weighted by molar-refractivity contribution is -0.123. The SMILES string of the molecule is CC(C)COC(=O)c1ccc(NC(=O)COC(=O)c2ccc(N3C(=O)[C@@H]4[C@H](C3=O)[C@H]3C=C[C@H]4C3)cc2)cc1. The number of carbonyl (C=O) groups is 5. The Hall–Kier alpha value is -4.27. The molecule has 4 atom stereocenters. The van der Waals surface area contributed by atoms with Crippen LogP contribution in [-0.4, -0.2) is 42.9 Å². The molecule has 2 aromatic carbocycles. The Bertz CT molecular complexity index is 1280. The number of fused-ring (bicyclic) bond motifs is 5. The summed E-state index contributed by atoms with van der Waals surface area (Å²) in [7, 11) is 0. The zero-order valence-electron chi connectivity index (χ0n) is 21.1. The van der Waals surface area contributed by atoms with Crippen molar-refractivity contribution in [1.29, 1.82) is 0 Å². The molecule has 38 heavy (non-hydrogen) atoms. The van der Waals surface area contributed by atoms with Crippen LogP contribution in [0, 0.1) is 29.6 Å². The van der Waals surface area contributed by atoms with Crippen LogP contribution in [0.15, 0.2) is 60.7 Å². The minimum Gasteiger partial charge on any atom is -0.462 e. The summed E-state index contributed by atoms with van der Waals surface area (Å²) in [5, 5.41) is 2.60. The monoisotopic (exact) mass is 516 g/mol. The van der Waals surface area contributed by atoms with E-state index in [0.717, 1.165) is 6.42 Å². The van der Waals surface area contributed by atoms with Crippen LogP contribution in [0.25, 0.3) is 0 Å². The van der Waals surface area contributed by atoms with Gasteiger partial charge in [-0.25, -0.2) is 9.59 Å². The summed E-state index contributed by atoms with van der Waals surface area (Å²) in [6, 6.07) is 12.2. The smallest absolute Gasteiger partial charge is 0.338 e. The summed E-state index contributed by atoms with van der Waals surface area (Å²) in [5.41, 5.74) is 1.40. The van der Waals surface area contributed by atoms with E-state index in [1.54, 1.807) is 12.1 Å². The van der Waals surface area contributed by atoms with E-state index in [1.165, 1.54) is 41.3 Å². The second-order valence-corrected chi connectivity index (χ2v) is 10.3. The number of rotatable bonds is 8. The molecule has 1 saturated heterocycles. The Kier molecular flexibility index (Phi) is 6.84. The minimum absolute atomic E-state index is 0.121. The normalized spacial score (nSPS) is 23.1. The van der Waals surface area contributed by atoms with Crippen molar-refractivity contribution in [3.05, 3.63) is 71.8 Å². The van der Waals surface area contributed by atoms with Crippen molar-refractivity contribution < 1.29 is 33.4 Å². The molecule has 1 aliphatic heterocycles. The minimum atomic E-state index is -0.715. The van der Waals surface area contributed by atoms with Gasteiger partial charge in [0.25, 0.3) is 5.91 Å². The van der Waals surface area contributed by atoms with Gasteiger partial charge in [0, 0.05) is 5.69 Å². The highest BCUT2D eigenvalue weighted by molar-refractivity contribution is 6.22. The van der Waals surface area contributed by atoms with Gasteiger partial charge in [-0.05, 0) is 72.7 Å². The van der Waals surface area contributed by atoms with Gasteiger partial charge in [-0.2, -0.15) is 0 Å². The third-order valence-electron chi connectivity index (χ3n) is 7.12. The molecule has 3 amide bonds. The first-order valence-corrected chi connectivity index (χ1v) is 12.6. The third-order valence-corrected chi connectivity index (χ3v) is 7.12. The molecule has 0 radical (unpaired) electrons.